The zero-order valence-corrected chi connectivity index (χ0v) is 12.4. The molecular formula is C16H12ClF3N2O. The maximum absolute atomic E-state index is 12.8. The van der Waals surface area contributed by atoms with E-state index in [1.807, 2.05) is 0 Å². The largest absolute Gasteiger partial charge is 0.416 e. The van der Waals surface area contributed by atoms with Gasteiger partial charge in [-0.15, -0.1) is 0 Å². The van der Waals surface area contributed by atoms with Gasteiger partial charge in [0.1, 0.15) is 0 Å². The minimum Gasteiger partial charge on any atom is -0.399 e. The molecule has 0 aliphatic heterocycles. The van der Waals surface area contributed by atoms with E-state index in [2.05, 4.69) is 5.32 Å². The van der Waals surface area contributed by atoms with Gasteiger partial charge >= 0.3 is 6.18 Å². The molecule has 3 nitrogen and oxygen atoms in total. The van der Waals surface area contributed by atoms with E-state index in [4.69, 9.17) is 17.3 Å². The van der Waals surface area contributed by atoms with E-state index in [1.165, 1.54) is 36.4 Å². The number of hydrogen-bond donors (Lipinski definition) is 2. The highest BCUT2D eigenvalue weighted by Gasteiger charge is 2.32. The van der Waals surface area contributed by atoms with Crippen LogP contribution in [0.3, 0.4) is 0 Å². The van der Waals surface area contributed by atoms with Gasteiger partial charge in [0.05, 0.1) is 5.56 Å². The summed E-state index contributed by atoms with van der Waals surface area (Å²) >= 11 is 5.80. The number of nitrogen functional groups attached to an aromatic ring is 1. The highest BCUT2D eigenvalue weighted by Crippen LogP contribution is 2.32. The second-order valence-electron chi connectivity index (χ2n) is 4.68. The Hall–Kier alpha value is -2.47. The summed E-state index contributed by atoms with van der Waals surface area (Å²) in [4.78, 5) is 11.8. The van der Waals surface area contributed by atoms with Crippen LogP contribution in [-0.4, -0.2) is 5.91 Å². The number of halogens is 4. The molecule has 2 aromatic rings. The van der Waals surface area contributed by atoms with Crippen LogP contribution in [0.15, 0.2) is 48.5 Å². The van der Waals surface area contributed by atoms with E-state index < -0.39 is 17.6 Å². The van der Waals surface area contributed by atoms with Crippen LogP contribution in [0.25, 0.3) is 6.08 Å². The highest BCUT2D eigenvalue weighted by molar-refractivity contribution is 6.31. The van der Waals surface area contributed by atoms with Crippen molar-refractivity contribution in [3.63, 3.8) is 0 Å². The minimum absolute atomic E-state index is 0.0965. The number of amides is 1. The van der Waals surface area contributed by atoms with Gasteiger partial charge in [-0.25, -0.2) is 0 Å². The molecule has 120 valence electrons. The molecule has 7 heteroatoms. The molecule has 0 aliphatic carbocycles. The Balaban J connectivity index is 2.16. The minimum atomic E-state index is -4.49. The van der Waals surface area contributed by atoms with Crippen molar-refractivity contribution < 1.29 is 18.0 Å². The predicted molar refractivity (Wildman–Crippen MR) is 85.0 cm³/mol. The number of carbonyl (C=O) groups excluding carboxylic acids is 1. The number of nitrogens with one attached hydrogen (secondary N) is 1. The van der Waals surface area contributed by atoms with E-state index in [9.17, 15) is 18.0 Å². The first-order valence-electron chi connectivity index (χ1n) is 6.47. The lowest BCUT2D eigenvalue weighted by atomic mass is 10.1. The van der Waals surface area contributed by atoms with Crippen molar-refractivity contribution in [1.29, 1.82) is 0 Å². The van der Waals surface area contributed by atoms with Crippen LogP contribution in [-0.2, 0) is 11.0 Å². The molecule has 0 fully saturated rings. The molecule has 0 bridgehead atoms. The van der Waals surface area contributed by atoms with Gasteiger partial charge in [0.2, 0.25) is 5.91 Å². The predicted octanol–water partition coefficient (Wildman–Crippen LogP) is 4.59. The third kappa shape index (κ3) is 4.75. The smallest absolute Gasteiger partial charge is 0.399 e. The number of benzene rings is 2. The Labute approximate surface area is 135 Å². The van der Waals surface area contributed by atoms with E-state index in [0.717, 1.165) is 18.2 Å². The number of alkyl halides is 3. The van der Waals surface area contributed by atoms with Gasteiger partial charge in [-0.2, -0.15) is 13.2 Å². The van der Waals surface area contributed by atoms with Crippen molar-refractivity contribution in [1.82, 2.24) is 0 Å². The second kappa shape index (κ2) is 6.75. The molecule has 2 aromatic carbocycles. The average molecular weight is 341 g/mol. The summed E-state index contributed by atoms with van der Waals surface area (Å²) < 4.78 is 38.5. The first kappa shape index (κ1) is 16.9. The number of carbonyl (C=O) groups is 1. The Bertz CT molecular complexity index is 737. The maximum atomic E-state index is 12.8. The molecule has 0 heterocycles. The standard InChI is InChI=1S/C16H12ClF3N2O/c17-11-7-12(21)9-13(8-11)22-15(23)6-5-10-3-1-2-4-14(10)16(18,19)20/h1-9H,21H2,(H,22,23)/b6-5+. The van der Waals surface area contributed by atoms with Crippen molar-refractivity contribution >= 4 is 35.0 Å². The van der Waals surface area contributed by atoms with Crippen LogP contribution in [0.2, 0.25) is 5.02 Å². The van der Waals surface area contributed by atoms with Gasteiger partial charge in [0.15, 0.2) is 0 Å². The second-order valence-corrected chi connectivity index (χ2v) is 5.12. The zero-order valence-electron chi connectivity index (χ0n) is 11.7. The summed E-state index contributed by atoms with van der Waals surface area (Å²) in [6.45, 7) is 0. The first-order valence-corrected chi connectivity index (χ1v) is 6.85. The molecule has 0 aromatic heterocycles. The summed E-state index contributed by atoms with van der Waals surface area (Å²) in [5.74, 6) is -0.594. The van der Waals surface area contributed by atoms with Gasteiger partial charge in [0.25, 0.3) is 0 Å². The molecule has 0 atom stereocenters. The molecular weight excluding hydrogens is 329 g/mol. The van der Waals surface area contributed by atoms with Crippen LogP contribution < -0.4 is 11.1 Å². The van der Waals surface area contributed by atoms with Crippen molar-refractivity contribution in [2.75, 3.05) is 11.1 Å². The Morgan fingerprint density at radius 3 is 2.52 bits per heavy atom. The Morgan fingerprint density at radius 2 is 1.87 bits per heavy atom. The lowest BCUT2D eigenvalue weighted by Crippen LogP contribution is -2.09. The fourth-order valence-electron chi connectivity index (χ4n) is 1.93. The van der Waals surface area contributed by atoms with Gasteiger partial charge in [-0.05, 0) is 35.9 Å². The fourth-order valence-corrected chi connectivity index (χ4v) is 2.18. The lowest BCUT2D eigenvalue weighted by molar-refractivity contribution is -0.137. The molecule has 0 unspecified atom stereocenters. The summed E-state index contributed by atoms with van der Waals surface area (Å²) in [6.07, 6.45) is -2.37. The van der Waals surface area contributed by atoms with Crippen LogP contribution in [0.4, 0.5) is 24.5 Å². The number of rotatable bonds is 3. The van der Waals surface area contributed by atoms with Crippen molar-refractivity contribution in [2.24, 2.45) is 0 Å². The van der Waals surface area contributed by atoms with E-state index in [1.54, 1.807) is 0 Å². The van der Waals surface area contributed by atoms with Crippen LogP contribution in [0, 0.1) is 0 Å². The average Bonchev–Trinajstić information content (AvgIpc) is 2.43. The van der Waals surface area contributed by atoms with Gasteiger partial charge < -0.3 is 11.1 Å². The van der Waals surface area contributed by atoms with E-state index >= 15 is 0 Å². The molecule has 2 rings (SSSR count). The van der Waals surface area contributed by atoms with E-state index in [0.29, 0.717) is 16.4 Å². The molecule has 1 amide bonds. The van der Waals surface area contributed by atoms with Crippen molar-refractivity contribution in [2.45, 2.75) is 6.18 Å². The van der Waals surface area contributed by atoms with Gasteiger partial charge in [-0.3, -0.25) is 4.79 Å². The SMILES string of the molecule is Nc1cc(Cl)cc(NC(=O)/C=C/c2ccccc2C(F)(F)F)c1. The van der Waals surface area contributed by atoms with Crippen LogP contribution in [0.5, 0.6) is 0 Å². The quantitative estimate of drug-likeness (QED) is 0.634. The fraction of sp³-hybridized carbons (Fsp3) is 0.0625. The molecule has 0 saturated carbocycles. The summed E-state index contributed by atoms with van der Waals surface area (Å²) in [5, 5.41) is 2.82. The molecule has 0 saturated heterocycles. The lowest BCUT2D eigenvalue weighted by Gasteiger charge is -2.09. The van der Waals surface area contributed by atoms with Crippen molar-refractivity contribution in [3.05, 3.63) is 64.7 Å². The van der Waals surface area contributed by atoms with Gasteiger partial charge in [-0.1, -0.05) is 29.8 Å². The molecule has 0 radical (unpaired) electrons. The summed E-state index contributed by atoms with van der Waals surface area (Å²) in [7, 11) is 0. The van der Waals surface area contributed by atoms with Crippen molar-refractivity contribution in [3.8, 4) is 0 Å². The summed E-state index contributed by atoms with van der Waals surface area (Å²) in [5.41, 5.74) is 5.40. The number of anilines is 2. The Kier molecular flexibility index (Phi) is 4.95. The van der Waals surface area contributed by atoms with Crippen LogP contribution >= 0.6 is 11.6 Å². The molecule has 3 N–H and O–H groups in total. The topological polar surface area (TPSA) is 55.1 Å². The molecule has 0 aliphatic rings. The number of hydrogen-bond acceptors (Lipinski definition) is 2. The monoisotopic (exact) mass is 340 g/mol. The molecule has 0 spiro atoms. The Morgan fingerprint density at radius 1 is 1.17 bits per heavy atom. The summed E-state index contributed by atoms with van der Waals surface area (Å²) in [6, 6.07) is 9.46. The third-order valence-electron chi connectivity index (χ3n) is 2.87. The number of nitrogens with two attached hydrogens (primary N) is 1. The zero-order chi connectivity index (χ0) is 17.0. The van der Waals surface area contributed by atoms with Gasteiger partial charge in [0, 0.05) is 22.5 Å². The third-order valence-corrected chi connectivity index (χ3v) is 3.09. The first-order chi connectivity index (χ1) is 10.8. The maximum Gasteiger partial charge on any atom is 0.416 e. The van der Waals surface area contributed by atoms with Crippen LogP contribution in [0.1, 0.15) is 11.1 Å². The highest BCUT2D eigenvalue weighted by atomic mass is 35.5. The van der Waals surface area contributed by atoms with E-state index in [-0.39, 0.29) is 5.56 Å². The normalized spacial score (nSPS) is 11.7. The molecule has 23 heavy (non-hydrogen) atoms.